The summed E-state index contributed by atoms with van der Waals surface area (Å²) in [5, 5.41) is 2.13. The van der Waals surface area contributed by atoms with E-state index in [1.54, 1.807) is 24.3 Å². The van der Waals surface area contributed by atoms with Gasteiger partial charge in [-0.3, -0.25) is 19.7 Å². The molecule has 0 unspecified atom stereocenters. The van der Waals surface area contributed by atoms with Crippen LogP contribution in [-0.4, -0.2) is 35.7 Å². The maximum Gasteiger partial charge on any atom is 0.256 e. The van der Waals surface area contributed by atoms with Crippen molar-refractivity contribution in [2.75, 3.05) is 18.8 Å². The highest BCUT2D eigenvalue weighted by Crippen LogP contribution is 2.14. The third-order valence-electron chi connectivity index (χ3n) is 2.43. The quantitative estimate of drug-likeness (QED) is 0.499. The Morgan fingerprint density at radius 3 is 2.35 bits per heavy atom. The first kappa shape index (κ1) is 11.1. The first-order chi connectivity index (χ1) is 8.08. The van der Waals surface area contributed by atoms with Gasteiger partial charge >= 0.3 is 0 Å². The monoisotopic (exact) mass is 233 g/mol. The number of rotatable bonds is 1. The van der Waals surface area contributed by atoms with Gasteiger partial charge in [0, 0.05) is 5.69 Å². The molecule has 1 aromatic rings. The van der Waals surface area contributed by atoms with Gasteiger partial charge in [0.05, 0.1) is 5.56 Å². The number of imide groups is 1. The molecule has 2 rings (SSSR count). The van der Waals surface area contributed by atoms with Gasteiger partial charge in [-0.2, -0.15) is 0 Å². The van der Waals surface area contributed by atoms with E-state index in [1.165, 1.54) is 4.90 Å². The smallest absolute Gasteiger partial charge is 0.256 e. The third-order valence-corrected chi connectivity index (χ3v) is 2.43. The first-order valence-electron chi connectivity index (χ1n) is 5.04. The molecule has 6 heteroatoms. The van der Waals surface area contributed by atoms with E-state index in [1.807, 2.05) is 0 Å². The summed E-state index contributed by atoms with van der Waals surface area (Å²) in [5.74, 6) is -1.38. The lowest BCUT2D eigenvalue weighted by Gasteiger charge is -2.25. The Morgan fingerprint density at radius 1 is 1.18 bits per heavy atom. The Kier molecular flexibility index (Phi) is 2.78. The SMILES string of the molecule is Nc1ccccc1C(=O)N1CC(=O)NC(=O)C1. The number of hydrogen-bond donors (Lipinski definition) is 2. The zero-order valence-electron chi connectivity index (χ0n) is 8.97. The van der Waals surface area contributed by atoms with Crippen LogP contribution in [-0.2, 0) is 9.59 Å². The molecule has 1 fully saturated rings. The van der Waals surface area contributed by atoms with Crippen molar-refractivity contribution in [2.45, 2.75) is 0 Å². The van der Waals surface area contributed by atoms with E-state index < -0.39 is 17.7 Å². The minimum absolute atomic E-state index is 0.126. The van der Waals surface area contributed by atoms with Crippen LogP contribution < -0.4 is 11.1 Å². The zero-order valence-corrected chi connectivity index (χ0v) is 8.97. The molecule has 0 saturated carbocycles. The van der Waals surface area contributed by atoms with E-state index in [0.29, 0.717) is 11.3 Å². The van der Waals surface area contributed by atoms with Crippen molar-refractivity contribution < 1.29 is 14.4 Å². The van der Waals surface area contributed by atoms with Crippen LogP contribution in [0.2, 0.25) is 0 Å². The lowest BCUT2D eigenvalue weighted by atomic mass is 10.1. The van der Waals surface area contributed by atoms with Crippen LogP contribution in [0.4, 0.5) is 5.69 Å². The number of anilines is 1. The number of amides is 3. The largest absolute Gasteiger partial charge is 0.398 e. The van der Waals surface area contributed by atoms with Crippen molar-refractivity contribution in [2.24, 2.45) is 0 Å². The summed E-state index contributed by atoms with van der Waals surface area (Å²) in [7, 11) is 0. The molecule has 17 heavy (non-hydrogen) atoms. The van der Waals surface area contributed by atoms with Crippen LogP contribution >= 0.6 is 0 Å². The average Bonchev–Trinajstić information content (AvgIpc) is 2.27. The molecule has 1 aromatic carbocycles. The minimum Gasteiger partial charge on any atom is -0.398 e. The molecular formula is C11H11N3O3. The van der Waals surface area contributed by atoms with Gasteiger partial charge in [0.1, 0.15) is 13.1 Å². The van der Waals surface area contributed by atoms with Gasteiger partial charge in [0.15, 0.2) is 0 Å². The summed E-state index contributed by atoms with van der Waals surface area (Å²) in [6.45, 7) is -0.252. The Balaban J connectivity index is 2.23. The van der Waals surface area contributed by atoms with Crippen molar-refractivity contribution in [3.63, 3.8) is 0 Å². The minimum atomic E-state index is -0.482. The molecule has 0 radical (unpaired) electrons. The van der Waals surface area contributed by atoms with E-state index in [4.69, 9.17) is 5.73 Å². The van der Waals surface area contributed by atoms with Crippen LogP contribution in [0.5, 0.6) is 0 Å². The lowest BCUT2D eigenvalue weighted by Crippen LogP contribution is -2.53. The van der Waals surface area contributed by atoms with E-state index >= 15 is 0 Å². The zero-order chi connectivity index (χ0) is 12.4. The van der Waals surface area contributed by atoms with E-state index in [0.717, 1.165) is 0 Å². The highest BCUT2D eigenvalue weighted by atomic mass is 16.2. The first-order valence-corrected chi connectivity index (χ1v) is 5.04. The molecule has 1 aliphatic rings. The summed E-state index contributed by atoms with van der Waals surface area (Å²) in [4.78, 5) is 35.5. The number of para-hydroxylation sites is 1. The third kappa shape index (κ3) is 2.25. The molecule has 6 nitrogen and oxygen atoms in total. The van der Waals surface area contributed by atoms with Crippen LogP contribution in [0.15, 0.2) is 24.3 Å². The number of benzene rings is 1. The molecule has 0 spiro atoms. The van der Waals surface area contributed by atoms with Gasteiger partial charge in [0.2, 0.25) is 11.8 Å². The fourth-order valence-electron chi connectivity index (χ4n) is 1.64. The van der Waals surface area contributed by atoms with E-state index in [-0.39, 0.29) is 13.1 Å². The summed E-state index contributed by atoms with van der Waals surface area (Å²) >= 11 is 0. The number of nitrogens with one attached hydrogen (secondary N) is 1. The second-order valence-electron chi connectivity index (χ2n) is 3.72. The van der Waals surface area contributed by atoms with Gasteiger partial charge in [-0.25, -0.2) is 0 Å². The van der Waals surface area contributed by atoms with Crippen LogP contribution in [0.1, 0.15) is 10.4 Å². The number of hydrogen-bond acceptors (Lipinski definition) is 4. The molecule has 1 aliphatic heterocycles. The van der Waals surface area contributed by atoms with Crippen molar-refractivity contribution >= 4 is 23.4 Å². The molecule has 88 valence electrons. The summed E-state index contributed by atoms with van der Waals surface area (Å²) in [6, 6.07) is 6.54. The maximum absolute atomic E-state index is 12.0. The van der Waals surface area contributed by atoms with Crippen molar-refractivity contribution in [3.05, 3.63) is 29.8 Å². The standard InChI is InChI=1S/C11H11N3O3/c12-8-4-2-1-3-7(8)11(17)14-5-9(15)13-10(16)6-14/h1-4H,5-6,12H2,(H,13,15,16). The van der Waals surface area contributed by atoms with Crippen molar-refractivity contribution in [3.8, 4) is 0 Å². The normalized spacial score (nSPS) is 15.6. The van der Waals surface area contributed by atoms with Crippen molar-refractivity contribution in [1.82, 2.24) is 10.2 Å². The fourth-order valence-corrected chi connectivity index (χ4v) is 1.64. The Hall–Kier alpha value is -2.37. The maximum atomic E-state index is 12.0. The Labute approximate surface area is 97.4 Å². The number of carbonyl (C=O) groups excluding carboxylic acids is 3. The number of nitrogens with two attached hydrogens (primary N) is 1. The van der Waals surface area contributed by atoms with Gasteiger partial charge in [-0.05, 0) is 12.1 Å². The van der Waals surface area contributed by atoms with E-state index in [2.05, 4.69) is 5.32 Å². The predicted molar refractivity (Wildman–Crippen MR) is 59.9 cm³/mol. The summed E-state index contributed by atoms with van der Waals surface area (Å²) in [5.41, 5.74) is 6.29. The van der Waals surface area contributed by atoms with Gasteiger partial charge < -0.3 is 10.6 Å². The van der Waals surface area contributed by atoms with Gasteiger partial charge in [-0.1, -0.05) is 12.1 Å². The molecular weight excluding hydrogens is 222 g/mol. The Morgan fingerprint density at radius 2 is 1.76 bits per heavy atom. The van der Waals surface area contributed by atoms with E-state index in [9.17, 15) is 14.4 Å². The molecule has 3 amide bonds. The number of nitrogens with zero attached hydrogens (tertiary/aromatic N) is 1. The highest BCUT2D eigenvalue weighted by Gasteiger charge is 2.27. The van der Waals surface area contributed by atoms with Crippen LogP contribution in [0.25, 0.3) is 0 Å². The predicted octanol–water partition coefficient (Wildman–Crippen LogP) is -0.633. The summed E-state index contributed by atoms with van der Waals surface area (Å²) < 4.78 is 0. The molecule has 0 atom stereocenters. The molecule has 3 N–H and O–H groups in total. The summed E-state index contributed by atoms with van der Waals surface area (Å²) in [6.07, 6.45) is 0. The second kappa shape index (κ2) is 4.25. The average molecular weight is 233 g/mol. The fraction of sp³-hybridized carbons (Fsp3) is 0.182. The molecule has 1 heterocycles. The number of carbonyl (C=O) groups is 3. The lowest BCUT2D eigenvalue weighted by molar-refractivity contribution is -0.135. The number of piperazine rings is 1. The molecule has 1 saturated heterocycles. The molecule has 0 aliphatic carbocycles. The topological polar surface area (TPSA) is 92.5 Å². The van der Waals surface area contributed by atoms with Crippen LogP contribution in [0.3, 0.4) is 0 Å². The Bertz CT molecular complexity index is 482. The van der Waals surface area contributed by atoms with Gasteiger partial charge in [-0.15, -0.1) is 0 Å². The van der Waals surface area contributed by atoms with Crippen molar-refractivity contribution in [1.29, 1.82) is 0 Å². The molecule has 0 bridgehead atoms. The van der Waals surface area contributed by atoms with Crippen LogP contribution in [0, 0.1) is 0 Å². The number of nitrogen functional groups attached to an aromatic ring is 1. The second-order valence-corrected chi connectivity index (χ2v) is 3.72. The molecule has 0 aromatic heterocycles. The highest BCUT2D eigenvalue weighted by molar-refractivity contribution is 6.07. The van der Waals surface area contributed by atoms with Gasteiger partial charge in [0.25, 0.3) is 5.91 Å².